The quantitative estimate of drug-likeness (QED) is 0.774. The molecular weight excluding hydrogens is 330 g/mol. The SMILES string of the molecule is CCC(C)(C)c1ccc(C[C@@H](C)CN2CCC3(C2)CS(=O)(=O)C3)cc1. The number of hydrogen-bond donors (Lipinski definition) is 0. The molecule has 140 valence electrons. The van der Waals surface area contributed by atoms with Crippen LogP contribution in [0.3, 0.4) is 0 Å². The molecule has 0 unspecified atom stereocenters. The molecule has 1 aromatic rings. The fourth-order valence-electron chi connectivity index (χ4n) is 4.51. The van der Waals surface area contributed by atoms with E-state index in [0.29, 0.717) is 17.4 Å². The van der Waals surface area contributed by atoms with Gasteiger partial charge in [0.2, 0.25) is 0 Å². The lowest BCUT2D eigenvalue weighted by molar-refractivity contribution is 0.249. The highest BCUT2D eigenvalue weighted by atomic mass is 32.2. The Morgan fingerprint density at radius 1 is 1.20 bits per heavy atom. The van der Waals surface area contributed by atoms with E-state index in [1.807, 2.05) is 0 Å². The molecule has 1 atom stereocenters. The Morgan fingerprint density at radius 3 is 2.40 bits per heavy atom. The normalized spacial score (nSPS) is 23.5. The summed E-state index contributed by atoms with van der Waals surface area (Å²) in [6, 6.07) is 9.14. The minimum atomic E-state index is -2.72. The van der Waals surface area contributed by atoms with Crippen LogP contribution < -0.4 is 0 Å². The van der Waals surface area contributed by atoms with Crippen molar-refractivity contribution in [3.63, 3.8) is 0 Å². The van der Waals surface area contributed by atoms with E-state index in [1.54, 1.807) is 0 Å². The summed E-state index contributed by atoms with van der Waals surface area (Å²) >= 11 is 0. The van der Waals surface area contributed by atoms with Crippen LogP contribution in [0.15, 0.2) is 24.3 Å². The van der Waals surface area contributed by atoms with Crippen LogP contribution in [0.4, 0.5) is 0 Å². The van der Waals surface area contributed by atoms with Gasteiger partial charge in [-0.05, 0) is 48.3 Å². The van der Waals surface area contributed by atoms with Crippen LogP contribution in [0, 0.1) is 11.3 Å². The van der Waals surface area contributed by atoms with Crippen LogP contribution in [0.2, 0.25) is 0 Å². The zero-order valence-corrected chi connectivity index (χ0v) is 17.0. The van der Waals surface area contributed by atoms with E-state index < -0.39 is 9.84 Å². The third-order valence-electron chi connectivity index (χ3n) is 6.34. The smallest absolute Gasteiger partial charge is 0.151 e. The van der Waals surface area contributed by atoms with Gasteiger partial charge in [-0.3, -0.25) is 0 Å². The van der Waals surface area contributed by atoms with Gasteiger partial charge in [0, 0.05) is 18.5 Å². The summed E-state index contributed by atoms with van der Waals surface area (Å²) < 4.78 is 23.0. The minimum absolute atomic E-state index is 0.0892. The number of sulfone groups is 1. The summed E-state index contributed by atoms with van der Waals surface area (Å²) in [5.74, 6) is 1.43. The van der Waals surface area contributed by atoms with Crippen molar-refractivity contribution < 1.29 is 8.42 Å². The van der Waals surface area contributed by atoms with Gasteiger partial charge in [-0.25, -0.2) is 8.42 Å². The summed E-state index contributed by atoms with van der Waals surface area (Å²) in [5.41, 5.74) is 3.16. The standard InChI is InChI=1S/C21H33NO2S/c1-5-20(3,4)19-8-6-18(7-9-19)12-17(2)13-22-11-10-21(14-22)15-25(23,24)16-21/h6-9,17H,5,10-16H2,1-4H3/t17-/m1/s1. The molecule has 0 amide bonds. The first-order chi connectivity index (χ1) is 11.6. The molecule has 2 heterocycles. The zero-order chi connectivity index (χ0) is 18.3. The first kappa shape index (κ1) is 18.9. The Hall–Kier alpha value is -0.870. The van der Waals surface area contributed by atoms with Crippen molar-refractivity contribution >= 4 is 9.84 Å². The van der Waals surface area contributed by atoms with Crippen LogP contribution in [0.1, 0.15) is 51.7 Å². The molecule has 0 radical (unpaired) electrons. The predicted molar refractivity (Wildman–Crippen MR) is 105 cm³/mol. The van der Waals surface area contributed by atoms with E-state index in [2.05, 4.69) is 56.9 Å². The van der Waals surface area contributed by atoms with Gasteiger partial charge in [-0.2, -0.15) is 0 Å². The maximum atomic E-state index is 11.5. The topological polar surface area (TPSA) is 37.4 Å². The van der Waals surface area contributed by atoms with Crippen molar-refractivity contribution in [3.8, 4) is 0 Å². The van der Waals surface area contributed by atoms with Gasteiger partial charge < -0.3 is 4.90 Å². The van der Waals surface area contributed by atoms with Crippen molar-refractivity contribution in [2.75, 3.05) is 31.1 Å². The molecule has 0 saturated carbocycles. The fraction of sp³-hybridized carbons (Fsp3) is 0.714. The minimum Gasteiger partial charge on any atom is -0.302 e. The van der Waals surface area contributed by atoms with E-state index in [4.69, 9.17) is 0 Å². The number of hydrogen-bond acceptors (Lipinski definition) is 3. The van der Waals surface area contributed by atoms with E-state index in [0.717, 1.165) is 38.9 Å². The average Bonchev–Trinajstić information content (AvgIpc) is 2.89. The predicted octanol–water partition coefficient (Wildman–Crippen LogP) is 3.67. The number of rotatable bonds is 6. The van der Waals surface area contributed by atoms with Crippen LogP contribution in [-0.4, -0.2) is 44.5 Å². The number of nitrogens with zero attached hydrogens (tertiary/aromatic N) is 1. The summed E-state index contributed by atoms with van der Waals surface area (Å²) in [4.78, 5) is 2.48. The zero-order valence-electron chi connectivity index (χ0n) is 16.2. The second-order valence-electron chi connectivity index (χ2n) is 9.26. The average molecular weight is 364 g/mol. The Kier molecular flexibility index (Phi) is 5.06. The maximum Gasteiger partial charge on any atom is 0.151 e. The molecule has 0 aromatic heterocycles. The number of likely N-dealkylation sites (tertiary alicyclic amines) is 1. The third kappa shape index (κ3) is 4.28. The lowest BCUT2D eigenvalue weighted by Gasteiger charge is -2.37. The molecule has 0 aliphatic carbocycles. The summed E-state index contributed by atoms with van der Waals surface area (Å²) in [6.45, 7) is 12.3. The van der Waals surface area contributed by atoms with Gasteiger partial charge in [0.1, 0.15) is 0 Å². The molecule has 0 N–H and O–H groups in total. The molecule has 2 aliphatic heterocycles. The van der Waals surface area contributed by atoms with Gasteiger partial charge in [0.05, 0.1) is 11.5 Å². The molecule has 0 bridgehead atoms. The summed E-state index contributed by atoms with van der Waals surface area (Å²) in [7, 11) is -2.72. The van der Waals surface area contributed by atoms with Crippen LogP contribution in [0.5, 0.6) is 0 Å². The Bertz CT molecular complexity index is 694. The van der Waals surface area contributed by atoms with Crippen molar-refractivity contribution in [2.24, 2.45) is 11.3 Å². The highest BCUT2D eigenvalue weighted by Gasteiger charge is 2.51. The van der Waals surface area contributed by atoms with Gasteiger partial charge >= 0.3 is 0 Å². The molecule has 2 fully saturated rings. The third-order valence-corrected chi connectivity index (χ3v) is 8.45. The molecule has 2 aliphatic rings. The molecule has 4 heteroatoms. The first-order valence-electron chi connectivity index (χ1n) is 9.65. The molecule has 1 aromatic carbocycles. The molecule has 2 saturated heterocycles. The van der Waals surface area contributed by atoms with Crippen molar-refractivity contribution in [1.82, 2.24) is 4.90 Å². The first-order valence-corrected chi connectivity index (χ1v) is 11.5. The van der Waals surface area contributed by atoms with E-state index in [1.165, 1.54) is 11.1 Å². The number of benzene rings is 1. The summed E-state index contributed by atoms with van der Waals surface area (Å²) in [6.07, 6.45) is 3.30. The van der Waals surface area contributed by atoms with Crippen LogP contribution in [-0.2, 0) is 21.7 Å². The lowest BCUT2D eigenvalue weighted by Crippen LogP contribution is -2.50. The van der Waals surface area contributed by atoms with Crippen LogP contribution >= 0.6 is 0 Å². The highest BCUT2D eigenvalue weighted by molar-refractivity contribution is 7.92. The van der Waals surface area contributed by atoms with Gasteiger partial charge in [-0.15, -0.1) is 0 Å². The van der Waals surface area contributed by atoms with Crippen LogP contribution in [0.25, 0.3) is 0 Å². The Morgan fingerprint density at radius 2 is 1.84 bits per heavy atom. The molecule has 1 spiro atoms. The highest BCUT2D eigenvalue weighted by Crippen LogP contribution is 2.41. The van der Waals surface area contributed by atoms with Crippen molar-refractivity contribution in [3.05, 3.63) is 35.4 Å². The second-order valence-corrected chi connectivity index (χ2v) is 11.3. The van der Waals surface area contributed by atoms with Crippen molar-refractivity contribution in [2.45, 2.75) is 52.4 Å². The van der Waals surface area contributed by atoms with E-state index >= 15 is 0 Å². The largest absolute Gasteiger partial charge is 0.302 e. The molecular formula is C21H33NO2S. The lowest BCUT2D eigenvalue weighted by atomic mass is 9.82. The molecule has 25 heavy (non-hydrogen) atoms. The van der Waals surface area contributed by atoms with Crippen molar-refractivity contribution in [1.29, 1.82) is 0 Å². The fourth-order valence-corrected chi connectivity index (χ4v) is 6.77. The van der Waals surface area contributed by atoms with Gasteiger partial charge in [0.25, 0.3) is 0 Å². The second kappa shape index (κ2) is 6.70. The Balaban J connectivity index is 1.51. The Labute approximate surface area is 153 Å². The monoisotopic (exact) mass is 363 g/mol. The van der Waals surface area contributed by atoms with E-state index in [9.17, 15) is 8.42 Å². The van der Waals surface area contributed by atoms with E-state index in [-0.39, 0.29) is 10.8 Å². The molecule has 3 nitrogen and oxygen atoms in total. The summed E-state index contributed by atoms with van der Waals surface area (Å²) in [5, 5.41) is 0. The molecule has 3 rings (SSSR count). The maximum absolute atomic E-state index is 11.5. The van der Waals surface area contributed by atoms with Gasteiger partial charge in [0.15, 0.2) is 9.84 Å². The van der Waals surface area contributed by atoms with Gasteiger partial charge in [-0.1, -0.05) is 52.0 Å².